The van der Waals surface area contributed by atoms with Crippen molar-refractivity contribution in [1.82, 2.24) is 10.3 Å². The Morgan fingerprint density at radius 3 is 2.40 bits per heavy atom. The standard InChI is InChI=1S/C18H18N2/c1-13-9-18(10-14(2)20-13)16-6-3-5-15(11-16)17-7-4-8-19-12-17/h3-12,18,20H,1-2H3. The lowest BCUT2D eigenvalue weighted by Gasteiger charge is -2.20. The summed E-state index contributed by atoms with van der Waals surface area (Å²) in [4.78, 5) is 4.19. The smallest absolute Gasteiger partial charge is 0.0346 e. The van der Waals surface area contributed by atoms with Crippen LogP contribution in [-0.4, -0.2) is 4.98 Å². The molecule has 0 saturated heterocycles. The van der Waals surface area contributed by atoms with Crippen molar-refractivity contribution < 1.29 is 0 Å². The van der Waals surface area contributed by atoms with Crippen LogP contribution >= 0.6 is 0 Å². The molecule has 0 amide bonds. The van der Waals surface area contributed by atoms with E-state index in [4.69, 9.17) is 0 Å². The number of pyridine rings is 1. The van der Waals surface area contributed by atoms with Gasteiger partial charge < -0.3 is 5.32 Å². The Morgan fingerprint density at radius 1 is 0.950 bits per heavy atom. The second kappa shape index (κ2) is 5.33. The molecule has 0 fully saturated rings. The zero-order valence-corrected chi connectivity index (χ0v) is 11.8. The van der Waals surface area contributed by atoms with Crippen molar-refractivity contribution in [3.63, 3.8) is 0 Å². The monoisotopic (exact) mass is 262 g/mol. The Morgan fingerprint density at radius 2 is 1.70 bits per heavy atom. The molecule has 0 aliphatic carbocycles. The predicted octanol–water partition coefficient (Wildman–Crippen LogP) is 4.24. The first-order valence-electron chi connectivity index (χ1n) is 6.86. The molecule has 1 aromatic heterocycles. The van der Waals surface area contributed by atoms with Crippen LogP contribution in [-0.2, 0) is 0 Å². The summed E-state index contributed by atoms with van der Waals surface area (Å²) in [6, 6.07) is 12.8. The number of dihydropyridines is 1. The van der Waals surface area contributed by atoms with Crippen molar-refractivity contribution in [2.75, 3.05) is 0 Å². The van der Waals surface area contributed by atoms with Crippen LogP contribution in [0.15, 0.2) is 72.3 Å². The van der Waals surface area contributed by atoms with Crippen molar-refractivity contribution in [3.05, 3.63) is 77.9 Å². The molecule has 100 valence electrons. The third-order valence-corrected chi connectivity index (χ3v) is 3.52. The van der Waals surface area contributed by atoms with Gasteiger partial charge in [-0.05, 0) is 36.6 Å². The molecule has 1 aliphatic heterocycles. The minimum atomic E-state index is 0.341. The molecule has 1 aromatic carbocycles. The van der Waals surface area contributed by atoms with Crippen LogP contribution in [0.3, 0.4) is 0 Å². The van der Waals surface area contributed by atoms with Gasteiger partial charge in [-0.3, -0.25) is 4.98 Å². The number of nitrogens with zero attached hydrogens (tertiary/aromatic N) is 1. The zero-order valence-electron chi connectivity index (χ0n) is 11.8. The SMILES string of the molecule is CC1=CC(c2cccc(-c3cccnc3)c2)C=C(C)N1. The Bertz CT molecular complexity index is 651. The minimum Gasteiger partial charge on any atom is -0.363 e. The number of benzene rings is 1. The lowest BCUT2D eigenvalue weighted by molar-refractivity contribution is 0.870. The first-order valence-corrected chi connectivity index (χ1v) is 6.86. The van der Waals surface area contributed by atoms with E-state index in [1.807, 2.05) is 12.3 Å². The van der Waals surface area contributed by atoms with Crippen molar-refractivity contribution in [2.24, 2.45) is 0 Å². The Labute approximate surface area is 119 Å². The fourth-order valence-electron chi connectivity index (χ4n) is 2.63. The Balaban J connectivity index is 1.98. The van der Waals surface area contributed by atoms with E-state index in [1.165, 1.54) is 22.5 Å². The van der Waals surface area contributed by atoms with Crippen LogP contribution in [0.2, 0.25) is 0 Å². The van der Waals surface area contributed by atoms with E-state index in [-0.39, 0.29) is 0 Å². The molecule has 2 nitrogen and oxygen atoms in total. The molecule has 0 unspecified atom stereocenters. The molecule has 2 heteroatoms. The van der Waals surface area contributed by atoms with E-state index in [9.17, 15) is 0 Å². The highest BCUT2D eigenvalue weighted by atomic mass is 14.9. The summed E-state index contributed by atoms with van der Waals surface area (Å²) in [7, 11) is 0. The molecule has 0 spiro atoms. The van der Waals surface area contributed by atoms with Gasteiger partial charge in [-0.2, -0.15) is 0 Å². The quantitative estimate of drug-likeness (QED) is 0.875. The summed E-state index contributed by atoms with van der Waals surface area (Å²) < 4.78 is 0. The molecule has 20 heavy (non-hydrogen) atoms. The average Bonchev–Trinajstić information content (AvgIpc) is 2.47. The maximum Gasteiger partial charge on any atom is 0.0346 e. The van der Waals surface area contributed by atoms with Gasteiger partial charge >= 0.3 is 0 Å². The molecule has 0 radical (unpaired) electrons. The largest absolute Gasteiger partial charge is 0.363 e. The van der Waals surface area contributed by atoms with E-state index >= 15 is 0 Å². The first kappa shape index (κ1) is 12.7. The van der Waals surface area contributed by atoms with Gasteiger partial charge in [0.1, 0.15) is 0 Å². The van der Waals surface area contributed by atoms with Crippen LogP contribution in [0.25, 0.3) is 11.1 Å². The van der Waals surface area contributed by atoms with Gasteiger partial charge in [0.2, 0.25) is 0 Å². The molecule has 0 bridgehead atoms. The van der Waals surface area contributed by atoms with Crippen LogP contribution < -0.4 is 5.32 Å². The van der Waals surface area contributed by atoms with Gasteiger partial charge in [0, 0.05) is 29.7 Å². The van der Waals surface area contributed by atoms with Gasteiger partial charge in [0.15, 0.2) is 0 Å². The third-order valence-electron chi connectivity index (χ3n) is 3.52. The van der Waals surface area contributed by atoms with E-state index in [1.54, 1.807) is 6.20 Å². The predicted molar refractivity (Wildman–Crippen MR) is 83.1 cm³/mol. The number of hydrogen-bond acceptors (Lipinski definition) is 2. The molecular formula is C18H18N2. The summed E-state index contributed by atoms with van der Waals surface area (Å²) in [6.07, 6.45) is 8.23. The number of nitrogens with one attached hydrogen (secondary N) is 1. The molecule has 3 rings (SSSR count). The van der Waals surface area contributed by atoms with Gasteiger partial charge in [0.25, 0.3) is 0 Å². The minimum absolute atomic E-state index is 0.341. The topological polar surface area (TPSA) is 24.9 Å². The summed E-state index contributed by atoms with van der Waals surface area (Å²) >= 11 is 0. The highest BCUT2D eigenvalue weighted by Crippen LogP contribution is 2.28. The second-order valence-electron chi connectivity index (χ2n) is 5.22. The summed E-state index contributed by atoms with van der Waals surface area (Å²) in [5, 5.41) is 3.34. The van der Waals surface area contributed by atoms with Crippen LogP contribution in [0, 0.1) is 0 Å². The van der Waals surface area contributed by atoms with Crippen LogP contribution in [0.4, 0.5) is 0 Å². The lowest BCUT2D eigenvalue weighted by atomic mass is 9.92. The first-order chi connectivity index (χ1) is 9.72. The fourth-order valence-corrected chi connectivity index (χ4v) is 2.63. The van der Waals surface area contributed by atoms with Crippen LogP contribution in [0.5, 0.6) is 0 Å². The molecule has 0 atom stereocenters. The maximum atomic E-state index is 4.19. The zero-order chi connectivity index (χ0) is 13.9. The second-order valence-corrected chi connectivity index (χ2v) is 5.22. The number of hydrogen-bond donors (Lipinski definition) is 1. The molecule has 2 aromatic rings. The summed E-state index contributed by atoms with van der Waals surface area (Å²) in [5.74, 6) is 0.341. The van der Waals surface area contributed by atoms with E-state index < -0.39 is 0 Å². The lowest BCUT2D eigenvalue weighted by Crippen LogP contribution is -2.14. The van der Waals surface area contributed by atoms with Crippen molar-refractivity contribution >= 4 is 0 Å². The van der Waals surface area contributed by atoms with E-state index in [2.05, 4.69) is 66.6 Å². The third kappa shape index (κ3) is 2.64. The molecule has 2 heterocycles. The van der Waals surface area contributed by atoms with Crippen molar-refractivity contribution in [1.29, 1.82) is 0 Å². The Kier molecular flexibility index (Phi) is 3.38. The maximum absolute atomic E-state index is 4.19. The van der Waals surface area contributed by atoms with Gasteiger partial charge in [-0.25, -0.2) is 0 Å². The van der Waals surface area contributed by atoms with Crippen molar-refractivity contribution in [3.8, 4) is 11.1 Å². The molecule has 1 N–H and O–H groups in total. The van der Waals surface area contributed by atoms with Crippen molar-refractivity contribution in [2.45, 2.75) is 19.8 Å². The van der Waals surface area contributed by atoms with Gasteiger partial charge in [-0.1, -0.05) is 42.5 Å². The summed E-state index contributed by atoms with van der Waals surface area (Å²) in [6.45, 7) is 4.21. The number of rotatable bonds is 2. The van der Waals surface area contributed by atoms with Gasteiger partial charge in [-0.15, -0.1) is 0 Å². The Hall–Kier alpha value is -2.35. The molecule has 0 saturated carbocycles. The fraction of sp³-hybridized carbons (Fsp3) is 0.167. The highest BCUT2D eigenvalue weighted by Gasteiger charge is 2.12. The normalized spacial score (nSPS) is 15.3. The average molecular weight is 262 g/mol. The number of aromatic nitrogens is 1. The summed E-state index contributed by atoms with van der Waals surface area (Å²) in [5.41, 5.74) is 6.10. The van der Waals surface area contributed by atoms with Crippen LogP contribution in [0.1, 0.15) is 25.3 Å². The molecule has 1 aliphatic rings. The van der Waals surface area contributed by atoms with E-state index in [0.29, 0.717) is 5.92 Å². The highest BCUT2D eigenvalue weighted by molar-refractivity contribution is 5.63. The van der Waals surface area contributed by atoms with E-state index in [0.717, 1.165) is 5.56 Å². The van der Waals surface area contributed by atoms with Gasteiger partial charge in [0.05, 0.1) is 0 Å². The number of allylic oxidation sites excluding steroid dienone is 4. The molecular weight excluding hydrogens is 244 g/mol.